The van der Waals surface area contributed by atoms with Crippen LogP contribution < -0.4 is 0 Å². The van der Waals surface area contributed by atoms with E-state index in [4.69, 9.17) is 5.11 Å². The quantitative estimate of drug-likeness (QED) is 0.111. The Balaban J connectivity index is 3.97. The van der Waals surface area contributed by atoms with Gasteiger partial charge in [0, 0.05) is 25.2 Å². The first-order chi connectivity index (χ1) is 16.3. The molecule has 0 saturated heterocycles. The molecule has 0 aliphatic carbocycles. The molecule has 0 heterocycles. The summed E-state index contributed by atoms with van der Waals surface area (Å²) in [5, 5.41) is 8.84. The highest BCUT2D eigenvalue weighted by Gasteiger charge is 2.10. The van der Waals surface area contributed by atoms with Gasteiger partial charge in [-0.3, -0.25) is 4.79 Å². The lowest BCUT2D eigenvalue weighted by atomic mass is 10.0. The van der Waals surface area contributed by atoms with E-state index in [1.165, 1.54) is 96.0 Å². The van der Waals surface area contributed by atoms with E-state index in [2.05, 4.69) is 27.7 Å². The summed E-state index contributed by atoms with van der Waals surface area (Å²) >= 11 is 0. The second kappa shape index (κ2) is 23.4. The third-order valence-electron chi connectivity index (χ3n) is 6.60. The van der Waals surface area contributed by atoms with Crippen molar-refractivity contribution in [1.29, 1.82) is 0 Å². The molecule has 0 aromatic rings. The van der Waals surface area contributed by atoms with Gasteiger partial charge in [0.2, 0.25) is 5.91 Å². The first-order valence-electron chi connectivity index (χ1n) is 14.5. The molecule has 1 amide bonds. The number of amides is 1. The van der Waals surface area contributed by atoms with Crippen molar-refractivity contribution in [3.63, 3.8) is 0 Å². The topological polar surface area (TPSA) is 57.6 Å². The minimum absolute atomic E-state index is 0.155. The highest BCUT2D eigenvalue weighted by atomic mass is 16.4. The first-order valence-corrected chi connectivity index (χ1v) is 14.5. The Labute approximate surface area is 212 Å². The molecule has 0 rings (SSSR count). The lowest BCUT2D eigenvalue weighted by molar-refractivity contribution is -0.132. The monoisotopic (exact) mass is 479 g/mol. The van der Waals surface area contributed by atoms with Crippen LogP contribution in [0, 0.1) is 11.8 Å². The van der Waals surface area contributed by atoms with E-state index < -0.39 is 5.97 Å². The summed E-state index contributed by atoms with van der Waals surface area (Å²) in [7, 11) is 0. The molecule has 0 unspecified atom stereocenters. The number of carboxylic acid groups (broad SMARTS) is 1. The molecule has 0 aliphatic rings. The zero-order valence-electron chi connectivity index (χ0n) is 23.2. The lowest BCUT2D eigenvalue weighted by Gasteiger charge is -2.21. The number of hydrogen-bond donors (Lipinski definition) is 1. The van der Waals surface area contributed by atoms with Crippen molar-refractivity contribution >= 4 is 11.9 Å². The largest absolute Gasteiger partial charge is 0.478 e. The summed E-state index contributed by atoms with van der Waals surface area (Å²) in [6, 6.07) is 0. The van der Waals surface area contributed by atoms with Crippen LogP contribution >= 0.6 is 0 Å². The maximum atomic E-state index is 12.5. The Bertz CT molecular complexity index is 485. The molecule has 200 valence electrons. The minimum Gasteiger partial charge on any atom is -0.478 e. The summed E-state index contributed by atoms with van der Waals surface area (Å²) < 4.78 is 0. The van der Waals surface area contributed by atoms with Crippen molar-refractivity contribution in [3.05, 3.63) is 12.2 Å². The number of nitrogens with zero attached hydrogens (tertiary/aromatic N) is 1. The van der Waals surface area contributed by atoms with E-state index in [9.17, 15) is 9.59 Å². The summed E-state index contributed by atoms with van der Waals surface area (Å²) in [6.07, 6.45) is 25.0. The zero-order valence-corrected chi connectivity index (χ0v) is 23.2. The summed E-state index contributed by atoms with van der Waals surface area (Å²) in [5.74, 6) is 0.425. The van der Waals surface area contributed by atoms with Crippen LogP contribution in [0.4, 0.5) is 0 Å². The standard InChI is InChI=1S/C30H57NO3/c1-27(2)21-17-13-9-5-7-11-15-19-25-31(29(32)23-24-30(33)34)26-20-16-12-8-6-10-14-18-22-28(3)4/h23-24,27-28H,5-22,25-26H2,1-4H3,(H,33,34)/b24-23-. The van der Waals surface area contributed by atoms with Gasteiger partial charge in [0.15, 0.2) is 0 Å². The highest BCUT2D eigenvalue weighted by molar-refractivity contribution is 5.93. The Morgan fingerprint density at radius 3 is 1.21 bits per heavy atom. The second-order valence-corrected chi connectivity index (χ2v) is 11.0. The fourth-order valence-corrected chi connectivity index (χ4v) is 4.41. The maximum absolute atomic E-state index is 12.5. The van der Waals surface area contributed by atoms with Crippen molar-refractivity contribution in [1.82, 2.24) is 4.90 Å². The summed E-state index contributed by atoms with van der Waals surface area (Å²) in [5.41, 5.74) is 0. The van der Waals surface area contributed by atoms with Crippen molar-refractivity contribution in [2.45, 2.75) is 143 Å². The van der Waals surface area contributed by atoms with Gasteiger partial charge in [-0.25, -0.2) is 4.79 Å². The third kappa shape index (κ3) is 23.8. The average molecular weight is 480 g/mol. The molecule has 1 N–H and O–H groups in total. The van der Waals surface area contributed by atoms with Crippen LogP contribution in [0.25, 0.3) is 0 Å². The highest BCUT2D eigenvalue weighted by Crippen LogP contribution is 2.14. The van der Waals surface area contributed by atoms with Crippen LogP contribution in [-0.4, -0.2) is 35.0 Å². The molecule has 0 saturated carbocycles. The molecule has 0 aliphatic heterocycles. The Morgan fingerprint density at radius 2 is 0.882 bits per heavy atom. The van der Waals surface area contributed by atoms with Crippen LogP contribution in [0.1, 0.15) is 143 Å². The van der Waals surface area contributed by atoms with Gasteiger partial charge in [-0.15, -0.1) is 0 Å². The van der Waals surface area contributed by atoms with Gasteiger partial charge in [-0.05, 0) is 24.7 Å². The molecule has 34 heavy (non-hydrogen) atoms. The van der Waals surface area contributed by atoms with Crippen molar-refractivity contribution in [2.24, 2.45) is 11.8 Å². The molecule has 0 bridgehead atoms. The van der Waals surface area contributed by atoms with E-state index >= 15 is 0 Å². The Morgan fingerprint density at radius 1 is 0.559 bits per heavy atom. The third-order valence-corrected chi connectivity index (χ3v) is 6.60. The van der Waals surface area contributed by atoms with E-state index in [0.717, 1.165) is 56.7 Å². The van der Waals surface area contributed by atoms with Crippen LogP contribution in [0.3, 0.4) is 0 Å². The predicted molar refractivity (Wildman–Crippen MR) is 146 cm³/mol. The molecular weight excluding hydrogens is 422 g/mol. The molecule has 0 fully saturated rings. The van der Waals surface area contributed by atoms with E-state index in [-0.39, 0.29) is 5.91 Å². The first kappa shape index (κ1) is 32.7. The summed E-state index contributed by atoms with van der Waals surface area (Å²) in [6.45, 7) is 10.7. The van der Waals surface area contributed by atoms with Crippen molar-refractivity contribution < 1.29 is 14.7 Å². The number of carbonyl (C=O) groups is 2. The van der Waals surface area contributed by atoms with E-state index in [1.54, 1.807) is 0 Å². The Kier molecular flexibility index (Phi) is 22.5. The average Bonchev–Trinajstić information content (AvgIpc) is 2.77. The number of unbranched alkanes of at least 4 members (excludes halogenated alkanes) is 14. The molecular formula is C30H57NO3. The van der Waals surface area contributed by atoms with Gasteiger partial charge in [0.05, 0.1) is 0 Å². The van der Waals surface area contributed by atoms with Gasteiger partial charge in [0.1, 0.15) is 0 Å². The molecule has 4 heteroatoms. The van der Waals surface area contributed by atoms with Crippen LogP contribution in [0.5, 0.6) is 0 Å². The SMILES string of the molecule is CC(C)CCCCCCCCCCN(CCCCCCCCCCC(C)C)C(=O)/C=C\C(=O)O. The fraction of sp³-hybridized carbons (Fsp3) is 0.867. The Hall–Kier alpha value is -1.32. The van der Waals surface area contributed by atoms with Crippen LogP contribution in [0.15, 0.2) is 12.2 Å². The van der Waals surface area contributed by atoms with Gasteiger partial charge in [0.25, 0.3) is 0 Å². The zero-order chi connectivity index (χ0) is 25.4. The number of carbonyl (C=O) groups excluding carboxylic acids is 1. The van der Waals surface area contributed by atoms with Crippen molar-refractivity contribution in [3.8, 4) is 0 Å². The second-order valence-electron chi connectivity index (χ2n) is 11.0. The van der Waals surface area contributed by atoms with Crippen molar-refractivity contribution in [2.75, 3.05) is 13.1 Å². The van der Waals surface area contributed by atoms with Gasteiger partial charge < -0.3 is 10.0 Å². The lowest BCUT2D eigenvalue weighted by Crippen LogP contribution is -2.31. The van der Waals surface area contributed by atoms with E-state index in [1.807, 2.05) is 4.90 Å². The number of aliphatic carboxylic acids is 1. The number of hydrogen-bond acceptors (Lipinski definition) is 2. The molecule has 0 spiro atoms. The fourth-order valence-electron chi connectivity index (χ4n) is 4.41. The van der Waals surface area contributed by atoms with Gasteiger partial charge >= 0.3 is 5.97 Å². The minimum atomic E-state index is -1.06. The molecule has 0 aromatic heterocycles. The summed E-state index contributed by atoms with van der Waals surface area (Å²) in [4.78, 5) is 25.1. The molecule has 0 aromatic carbocycles. The molecule has 0 atom stereocenters. The molecule has 0 radical (unpaired) electrons. The number of rotatable bonds is 24. The van der Waals surface area contributed by atoms with Crippen LogP contribution in [0.2, 0.25) is 0 Å². The number of carboxylic acids is 1. The van der Waals surface area contributed by atoms with Gasteiger partial charge in [-0.2, -0.15) is 0 Å². The van der Waals surface area contributed by atoms with E-state index in [0.29, 0.717) is 0 Å². The normalized spacial score (nSPS) is 11.7. The predicted octanol–water partition coefficient (Wildman–Crippen LogP) is 8.79. The molecule has 4 nitrogen and oxygen atoms in total. The maximum Gasteiger partial charge on any atom is 0.328 e. The smallest absolute Gasteiger partial charge is 0.328 e. The van der Waals surface area contributed by atoms with Crippen LogP contribution in [-0.2, 0) is 9.59 Å². The van der Waals surface area contributed by atoms with Gasteiger partial charge in [-0.1, -0.05) is 130 Å².